The summed E-state index contributed by atoms with van der Waals surface area (Å²) in [6.07, 6.45) is 7.33. The zero-order chi connectivity index (χ0) is 15.0. The number of aromatic nitrogens is 4. The molecule has 106 valence electrons. The first-order chi connectivity index (χ1) is 9.18. The fourth-order valence-corrected chi connectivity index (χ4v) is 1.70. The molecule has 0 atom stereocenters. The molecule has 2 aromatic rings. The van der Waals surface area contributed by atoms with E-state index in [0.29, 0.717) is 5.82 Å². The second-order valence-electron chi connectivity index (χ2n) is 7.09. The number of hydrogen-bond donors (Lipinski definition) is 0. The second-order valence-corrected chi connectivity index (χ2v) is 7.09. The topological polar surface area (TPSA) is 51.6 Å². The highest BCUT2D eigenvalue weighted by Gasteiger charge is 2.18. The smallest absolute Gasteiger partial charge is 0.162 e. The van der Waals surface area contributed by atoms with Crippen LogP contribution in [0.25, 0.3) is 11.4 Å². The van der Waals surface area contributed by atoms with Gasteiger partial charge in [-0.15, -0.1) is 0 Å². The van der Waals surface area contributed by atoms with Crippen LogP contribution >= 0.6 is 0 Å². The van der Waals surface area contributed by atoms with E-state index in [0.717, 1.165) is 17.0 Å². The molecule has 4 nitrogen and oxygen atoms in total. The molecule has 0 unspecified atom stereocenters. The Hall–Kier alpha value is -1.84. The van der Waals surface area contributed by atoms with Crippen molar-refractivity contribution in [3.63, 3.8) is 0 Å². The largest absolute Gasteiger partial charge is 0.240 e. The molecule has 0 aromatic carbocycles. The van der Waals surface area contributed by atoms with Crippen molar-refractivity contribution in [3.8, 4) is 11.4 Å². The number of hydrogen-bond acceptors (Lipinski definition) is 4. The van der Waals surface area contributed by atoms with Gasteiger partial charge in [0.25, 0.3) is 0 Å². The summed E-state index contributed by atoms with van der Waals surface area (Å²) in [4.78, 5) is 17.6. The van der Waals surface area contributed by atoms with Crippen LogP contribution in [-0.2, 0) is 10.8 Å². The molecule has 2 aromatic heterocycles. The number of rotatable bonds is 1. The summed E-state index contributed by atoms with van der Waals surface area (Å²) in [5.74, 6) is 1.49. The molecule has 0 aliphatic carbocycles. The van der Waals surface area contributed by atoms with Gasteiger partial charge >= 0.3 is 0 Å². The highest BCUT2D eigenvalue weighted by atomic mass is 14.9. The van der Waals surface area contributed by atoms with E-state index in [4.69, 9.17) is 0 Å². The third-order valence-electron chi connectivity index (χ3n) is 3.10. The van der Waals surface area contributed by atoms with Crippen LogP contribution < -0.4 is 0 Å². The highest BCUT2D eigenvalue weighted by molar-refractivity contribution is 5.51. The minimum absolute atomic E-state index is 0.0462. The van der Waals surface area contributed by atoms with Crippen LogP contribution in [0.1, 0.15) is 52.9 Å². The van der Waals surface area contributed by atoms with E-state index >= 15 is 0 Å². The predicted molar refractivity (Wildman–Crippen MR) is 80.5 cm³/mol. The fourth-order valence-electron chi connectivity index (χ4n) is 1.70. The second kappa shape index (κ2) is 4.93. The molecule has 2 heterocycles. The lowest BCUT2D eigenvalue weighted by molar-refractivity contribution is 0.545. The average molecular weight is 270 g/mol. The third kappa shape index (κ3) is 3.18. The summed E-state index contributed by atoms with van der Waals surface area (Å²) < 4.78 is 0. The predicted octanol–water partition coefficient (Wildman–Crippen LogP) is 3.53. The molecular formula is C16H22N4. The minimum Gasteiger partial charge on any atom is -0.240 e. The van der Waals surface area contributed by atoms with Gasteiger partial charge in [0, 0.05) is 30.2 Å². The molecule has 20 heavy (non-hydrogen) atoms. The van der Waals surface area contributed by atoms with Gasteiger partial charge in [-0.05, 0) is 11.0 Å². The summed E-state index contributed by atoms with van der Waals surface area (Å²) in [7, 11) is 0. The SMILES string of the molecule is CC(C)(C)c1cnc(-c2cnc(C(C)(C)C)nc2)nc1. The van der Waals surface area contributed by atoms with Crippen molar-refractivity contribution >= 4 is 0 Å². The molecular weight excluding hydrogens is 248 g/mol. The molecule has 0 bridgehead atoms. The Labute approximate surface area is 120 Å². The Balaban J connectivity index is 2.29. The van der Waals surface area contributed by atoms with Crippen LogP contribution in [0.4, 0.5) is 0 Å². The van der Waals surface area contributed by atoms with E-state index in [1.54, 1.807) is 12.4 Å². The standard InChI is InChI=1S/C16H22N4/c1-15(2,3)12-9-17-13(18-10-12)11-7-19-14(20-8-11)16(4,5)6/h7-10H,1-6H3. The normalized spacial score (nSPS) is 12.5. The van der Waals surface area contributed by atoms with E-state index in [-0.39, 0.29) is 10.8 Å². The summed E-state index contributed by atoms with van der Waals surface area (Å²) in [5, 5.41) is 0. The molecule has 0 N–H and O–H groups in total. The van der Waals surface area contributed by atoms with Gasteiger partial charge in [-0.1, -0.05) is 41.5 Å². The number of nitrogens with zero attached hydrogens (tertiary/aromatic N) is 4. The van der Waals surface area contributed by atoms with Crippen LogP contribution in [0, 0.1) is 0 Å². The molecule has 0 amide bonds. The molecule has 0 radical (unpaired) electrons. The molecule has 0 fully saturated rings. The van der Waals surface area contributed by atoms with Crippen molar-refractivity contribution in [2.75, 3.05) is 0 Å². The fraction of sp³-hybridized carbons (Fsp3) is 0.500. The quantitative estimate of drug-likeness (QED) is 0.795. The lowest BCUT2D eigenvalue weighted by Crippen LogP contribution is -2.15. The van der Waals surface area contributed by atoms with Crippen LogP contribution in [0.2, 0.25) is 0 Å². The lowest BCUT2D eigenvalue weighted by Gasteiger charge is -2.18. The molecule has 2 rings (SSSR count). The maximum atomic E-state index is 4.42. The van der Waals surface area contributed by atoms with Crippen LogP contribution in [-0.4, -0.2) is 19.9 Å². The molecule has 0 spiro atoms. The monoisotopic (exact) mass is 270 g/mol. The highest BCUT2D eigenvalue weighted by Crippen LogP contribution is 2.23. The van der Waals surface area contributed by atoms with E-state index in [1.165, 1.54) is 0 Å². The summed E-state index contributed by atoms with van der Waals surface area (Å²) >= 11 is 0. The van der Waals surface area contributed by atoms with Crippen molar-refractivity contribution in [2.24, 2.45) is 0 Å². The van der Waals surface area contributed by atoms with E-state index in [9.17, 15) is 0 Å². The first-order valence-corrected chi connectivity index (χ1v) is 6.83. The van der Waals surface area contributed by atoms with Gasteiger partial charge in [-0.2, -0.15) is 0 Å². The van der Waals surface area contributed by atoms with Crippen LogP contribution in [0.15, 0.2) is 24.8 Å². The molecule has 4 heteroatoms. The zero-order valence-corrected chi connectivity index (χ0v) is 13.1. The minimum atomic E-state index is -0.0462. The van der Waals surface area contributed by atoms with E-state index in [2.05, 4.69) is 61.5 Å². The third-order valence-corrected chi connectivity index (χ3v) is 3.10. The van der Waals surface area contributed by atoms with Gasteiger partial charge in [-0.3, -0.25) is 0 Å². The summed E-state index contributed by atoms with van der Waals surface area (Å²) in [5.41, 5.74) is 1.98. The van der Waals surface area contributed by atoms with Crippen molar-refractivity contribution in [3.05, 3.63) is 36.2 Å². The van der Waals surface area contributed by atoms with E-state index < -0.39 is 0 Å². The van der Waals surface area contributed by atoms with Crippen molar-refractivity contribution in [1.82, 2.24) is 19.9 Å². The molecule has 0 aliphatic rings. The maximum absolute atomic E-state index is 4.42. The van der Waals surface area contributed by atoms with Crippen LogP contribution in [0.3, 0.4) is 0 Å². The Morgan fingerprint density at radius 2 is 1.15 bits per heavy atom. The van der Waals surface area contributed by atoms with Crippen molar-refractivity contribution in [2.45, 2.75) is 52.4 Å². The van der Waals surface area contributed by atoms with Gasteiger partial charge in [-0.25, -0.2) is 19.9 Å². The maximum Gasteiger partial charge on any atom is 0.162 e. The summed E-state index contributed by atoms with van der Waals surface area (Å²) in [6.45, 7) is 12.7. The Bertz CT molecular complexity index is 516. The average Bonchev–Trinajstić information content (AvgIpc) is 2.37. The first-order valence-electron chi connectivity index (χ1n) is 6.83. The molecule has 0 saturated carbocycles. The van der Waals surface area contributed by atoms with Gasteiger partial charge in [0.15, 0.2) is 5.82 Å². The zero-order valence-electron chi connectivity index (χ0n) is 13.1. The van der Waals surface area contributed by atoms with Crippen LogP contribution in [0.5, 0.6) is 0 Å². The Kier molecular flexibility index (Phi) is 3.59. The Morgan fingerprint density at radius 3 is 1.55 bits per heavy atom. The van der Waals surface area contributed by atoms with Gasteiger partial charge in [0.1, 0.15) is 5.82 Å². The van der Waals surface area contributed by atoms with Gasteiger partial charge in [0.05, 0.1) is 5.56 Å². The molecule has 0 saturated heterocycles. The summed E-state index contributed by atoms with van der Waals surface area (Å²) in [6, 6.07) is 0. The van der Waals surface area contributed by atoms with E-state index in [1.807, 2.05) is 12.4 Å². The van der Waals surface area contributed by atoms with Gasteiger partial charge < -0.3 is 0 Å². The lowest BCUT2D eigenvalue weighted by atomic mass is 9.89. The van der Waals surface area contributed by atoms with Gasteiger partial charge in [0.2, 0.25) is 0 Å². The van der Waals surface area contributed by atoms with Crippen molar-refractivity contribution in [1.29, 1.82) is 0 Å². The first kappa shape index (κ1) is 14.6. The van der Waals surface area contributed by atoms with Crippen molar-refractivity contribution < 1.29 is 0 Å². The molecule has 0 aliphatic heterocycles. The Morgan fingerprint density at radius 1 is 0.650 bits per heavy atom.